The standard InChI is InChI=1S/C27H33N3O4/c1-19(26(32)33)28-18-23(31)20-10-12-21(13-11-20)25-29-24(34-30-25)14-17-27(15-6-3-7-16-27)22-8-4-2-5-9-22/h2,4-5,8-13,19,23,28,31H,3,6-7,14-18H2,1H3,(H,32,33)/t19-,23?/m0/s1. The number of hydrogen-bond donors (Lipinski definition) is 3. The van der Waals surface area contributed by atoms with E-state index in [4.69, 9.17) is 9.63 Å². The van der Waals surface area contributed by atoms with Gasteiger partial charge in [0.25, 0.3) is 0 Å². The van der Waals surface area contributed by atoms with Crippen LogP contribution in [0.4, 0.5) is 0 Å². The molecule has 0 aliphatic heterocycles. The summed E-state index contributed by atoms with van der Waals surface area (Å²) in [7, 11) is 0. The molecule has 3 N–H and O–H groups in total. The Labute approximate surface area is 200 Å². The zero-order valence-corrected chi connectivity index (χ0v) is 19.6. The summed E-state index contributed by atoms with van der Waals surface area (Å²) in [5.74, 6) is 0.228. The fourth-order valence-corrected chi connectivity index (χ4v) is 4.87. The summed E-state index contributed by atoms with van der Waals surface area (Å²) in [6.07, 6.45) is 7.14. The molecule has 1 saturated carbocycles. The first-order valence-electron chi connectivity index (χ1n) is 12.1. The summed E-state index contributed by atoms with van der Waals surface area (Å²) < 4.78 is 5.58. The van der Waals surface area contributed by atoms with Crippen LogP contribution in [0.3, 0.4) is 0 Å². The van der Waals surface area contributed by atoms with Crippen LogP contribution in [0.5, 0.6) is 0 Å². The summed E-state index contributed by atoms with van der Waals surface area (Å²) in [5, 5.41) is 26.2. The van der Waals surface area contributed by atoms with Crippen LogP contribution >= 0.6 is 0 Å². The zero-order valence-electron chi connectivity index (χ0n) is 19.6. The largest absolute Gasteiger partial charge is 0.480 e. The molecule has 34 heavy (non-hydrogen) atoms. The van der Waals surface area contributed by atoms with Gasteiger partial charge in [0.2, 0.25) is 11.7 Å². The van der Waals surface area contributed by atoms with Crippen molar-refractivity contribution in [2.45, 2.75) is 69.4 Å². The average molecular weight is 464 g/mol. The minimum absolute atomic E-state index is 0.155. The summed E-state index contributed by atoms with van der Waals surface area (Å²) in [4.78, 5) is 15.5. The number of aliphatic carboxylic acids is 1. The van der Waals surface area contributed by atoms with Crippen LogP contribution in [-0.4, -0.2) is 38.9 Å². The smallest absolute Gasteiger partial charge is 0.320 e. The third-order valence-electron chi connectivity index (χ3n) is 7.02. The minimum atomic E-state index is -0.950. The van der Waals surface area contributed by atoms with Gasteiger partial charge in [0.1, 0.15) is 6.04 Å². The molecule has 2 atom stereocenters. The van der Waals surface area contributed by atoms with Gasteiger partial charge in [0.15, 0.2) is 0 Å². The fraction of sp³-hybridized carbons (Fsp3) is 0.444. The number of nitrogens with one attached hydrogen (secondary N) is 1. The van der Waals surface area contributed by atoms with Gasteiger partial charge in [-0.3, -0.25) is 4.79 Å². The van der Waals surface area contributed by atoms with E-state index in [1.165, 1.54) is 37.7 Å². The number of carboxylic acids is 1. The summed E-state index contributed by atoms with van der Waals surface area (Å²) in [6.45, 7) is 1.70. The van der Waals surface area contributed by atoms with Crippen LogP contribution in [0, 0.1) is 0 Å². The molecular weight excluding hydrogens is 430 g/mol. The van der Waals surface area contributed by atoms with E-state index in [2.05, 4.69) is 45.8 Å². The molecule has 1 aromatic heterocycles. The highest BCUT2D eigenvalue weighted by Gasteiger charge is 2.34. The molecule has 3 aromatic rings. The molecule has 0 bridgehead atoms. The van der Waals surface area contributed by atoms with Gasteiger partial charge in [-0.2, -0.15) is 4.98 Å². The molecule has 0 amide bonds. The second-order valence-electron chi connectivity index (χ2n) is 9.32. The third-order valence-corrected chi connectivity index (χ3v) is 7.02. The number of benzene rings is 2. The highest BCUT2D eigenvalue weighted by atomic mass is 16.5. The second-order valence-corrected chi connectivity index (χ2v) is 9.32. The Morgan fingerprint density at radius 1 is 1.09 bits per heavy atom. The number of aromatic nitrogens is 2. The van der Waals surface area contributed by atoms with Crippen molar-refractivity contribution in [1.29, 1.82) is 0 Å². The van der Waals surface area contributed by atoms with Crippen molar-refractivity contribution in [2.75, 3.05) is 6.54 Å². The van der Waals surface area contributed by atoms with Gasteiger partial charge in [0, 0.05) is 18.5 Å². The number of aryl methyl sites for hydroxylation is 1. The van der Waals surface area contributed by atoms with Crippen LogP contribution in [-0.2, 0) is 16.6 Å². The van der Waals surface area contributed by atoms with Gasteiger partial charge < -0.3 is 20.1 Å². The molecule has 1 aliphatic carbocycles. The zero-order chi connectivity index (χ0) is 24.0. The van der Waals surface area contributed by atoms with Gasteiger partial charge in [-0.15, -0.1) is 0 Å². The highest BCUT2D eigenvalue weighted by Crippen LogP contribution is 2.42. The molecule has 2 aromatic carbocycles. The molecular formula is C27H33N3O4. The number of carboxylic acid groups (broad SMARTS) is 1. The average Bonchev–Trinajstić information content (AvgIpc) is 3.36. The Balaban J connectivity index is 1.39. The van der Waals surface area contributed by atoms with Crippen LogP contribution in [0.1, 0.15) is 68.6 Å². The molecule has 7 heteroatoms. The van der Waals surface area contributed by atoms with Gasteiger partial charge in [-0.25, -0.2) is 0 Å². The lowest BCUT2D eigenvalue weighted by atomic mass is 9.67. The predicted molar refractivity (Wildman–Crippen MR) is 129 cm³/mol. The normalized spacial score (nSPS) is 17.2. The van der Waals surface area contributed by atoms with Crippen molar-refractivity contribution in [2.24, 2.45) is 0 Å². The van der Waals surface area contributed by atoms with Crippen molar-refractivity contribution >= 4 is 5.97 Å². The first kappa shape index (κ1) is 24.1. The van der Waals surface area contributed by atoms with E-state index < -0.39 is 18.1 Å². The van der Waals surface area contributed by atoms with Gasteiger partial charge in [-0.05, 0) is 42.7 Å². The van der Waals surface area contributed by atoms with Crippen molar-refractivity contribution in [3.05, 3.63) is 71.6 Å². The number of carbonyl (C=O) groups is 1. The van der Waals surface area contributed by atoms with Crippen LogP contribution in [0.15, 0.2) is 59.1 Å². The maximum absolute atomic E-state index is 10.9. The predicted octanol–water partition coefficient (Wildman–Crippen LogP) is 4.67. The Morgan fingerprint density at radius 2 is 1.79 bits per heavy atom. The molecule has 4 rings (SSSR count). The highest BCUT2D eigenvalue weighted by molar-refractivity contribution is 5.72. The lowest BCUT2D eigenvalue weighted by Crippen LogP contribution is -2.36. The minimum Gasteiger partial charge on any atom is -0.480 e. The number of aliphatic hydroxyl groups excluding tert-OH is 1. The Hall–Kier alpha value is -3.03. The van der Waals surface area contributed by atoms with E-state index in [1.54, 1.807) is 19.1 Å². The Kier molecular flexibility index (Phi) is 7.75. The van der Waals surface area contributed by atoms with Crippen LogP contribution in [0.25, 0.3) is 11.4 Å². The molecule has 0 radical (unpaired) electrons. The molecule has 0 saturated heterocycles. The van der Waals surface area contributed by atoms with E-state index in [0.29, 0.717) is 17.3 Å². The second kappa shape index (κ2) is 10.9. The molecule has 180 valence electrons. The maximum atomic E-state index is 10.9. The summed E-state index contributed by atoms with van der Waals surface area (Å²) in [5.41, 5.74) is 3.10. The quantitative estimate of drug-likeness (QED) is 0.401. The van der Waals surface area contributed by atoms with Crippen molar-refractivity contribution in [3.8, 4) is 11.4 Å². The van der Waals surface area contributed by atoms with E-state index in [1.807, 2.05) is 12.1 Å². The van der Waals surface area contributed by atoms with E-state index in [-0.39, 0.29) is 12.0 Å². The third kappa shape index (κ3) is 5.72. The van der Waals surface area contributed by atoms with Gasteiger partial charge in [0.05, 0.1) is 6.10 Å². The number of rotatable bonds is 10. The Morgan fingerprint density at radius 3 is 2.47 bits per heavy atom. The fourth-order valence-electron chi connectivity index (χ4n) is 4.87. The molecule has 1 unspecified atom stereocenters. The van der Waals surface area contributed by atoms with E-state index >= 15 is 0 Å². The molecule has 1 fully saturated rings. The van der Waals surface area contributed by atoms with Crippen LogP contribution < -0.4 is 5.32 Å². The van der Waals surface area contributed by atoms with Gasteiger partial charge >= 0.3 is 5.97 Å². The molecule has 1 heterocycles. The summed E-state index contributed by atoms with van der Waals surface area (Å²) >= 11 is 0. The van der Waals surface area contributed by atoms with Crippen LogP contribution in [0.2, 0.25) is 0 Å². The van der Waals surface area contributed by atoms with Crippen molar-refractivity contribution in [1.82, 2.24) is 15.5 Å². The maximum Gasteiger partial charge on any atom is 0.320 e. The van der Waals surface area contributed by atoms with Crippen molar-refractivity contribution in [3.63, 3.8) is 0 Å². The Bertz CT molecular complexity index is 1060. The SMILES string of the molecule is C[C@H](NCC(O)c1ccc(-c2noc(CCC3(c4ccccc4)CCCCC3)n2)cc1)C(=O)O. The number of nitrogens with zero attached hydrogens (tertiary/aromatic N) is 2. The van der Waals surface area contributed by atoms with E-state index in [0.717, 1.165) is 18.4 Å². The molecule has 0 spiro atoms. The first-order valence-corrected chi connectivity index (χ1v) is 12.1. The first-order chi connectivity index (χ1) is 16.5. The monoisotopic (exact) mass is 463 g/mol. The number of hydrogen-bond acceptors (Lipinski definition) is 6. The lowest BCUT2D eigenvalue weighted by molar-refractivity contribution is -0.139. The topological polar surface area (TPSA) is 108 Å². The van der Waals surface area contributed by atoms with E-state index in [9.17, 15) is 9.90 Å². The van der Waals surface area contributed by atoms with Gasteiger partial charge in [-0.1, -0.05) is 79.0 Å². The van der Waals surface area contributed by atoms with Crippen molar-refractivity contribution < 1.29 is 19.5 Å². The summed E-state index contributed by atoms with van der Waals surface area (Å²) in [6, 6.07) is 17.4. The number of aliphatic hydroxyl groups is 1. The molecule has 7 nitrogen and oxygen atoms in total. The molecule has 1 aliphatic rings. The lowest BCUT2D eigenvalue weighted by Gasteiger charge is -2.38.